The lowest BCUT2D eigenvalue weighted by Crippen LogP contribution is -2.30. The summed E-state index contributed by atoms with van der Waals surface area (Å²) in [5, 5.41) is 10.5. The minimum atomic E-state index is -4.95. The molecule has 17 nitrogen and oxygen atoms in total. The Morgan fingerprint density at radius 1 is 0.297 bits per heavy atom. The summed E-state index contributed by atoms with van der Waals surface area (Å²) >= 11 is 0. The Balaban J connectivity index is 5.10. The minimum absolute atomic E-state index is 0.104. The molecular formula is C72H140O17P2. The van der Waals surface area contributed by atoms with Gasteiger partial charge in [-0.3, -0.25) is 37.3 Å². The number of ether oxygens (including phenoxy) is 4. The van der Waals surface area contributed by atoms with Gasteiger partial charge in [-0.15, -0.1) is 0 Å². The van der Waals surface area contributed by atoms with Gasteiger partial charge >= 0.3 is 39.5 Å². The van der Waals surface area contributed by atoms with Crippen molar-refractivity contribution in [3.8, 4) is 0 Å². The van der Waals surface area contributed by atoms with Crippen LogP contribution < -0.4 is 0 Å². The van der Waals surface area contributed by atoms with E-state index in [0.717, 1.165) is 109 Å². The van der Waals surface area contributed by atoms with Gasteiger partial charge in [-0.25, -0.2) is 9.13 Å². The summed E-state index contributed by atoms with van der Waals surface area (Å²) in [4.78, 5) is 72.2. The van der Waals surface area contributed by atoms with Gasteiger partial charge in [-0.05, 0) is 31.6 Å². The zero-order chi connectivity index (χ0) is 67.0. The summed E-state index contributed by atoms with van der Waals surface area (Å²) in [6.45, 7) is 7.17. The van der Waals surface area contributed by atoms with Gasteiger partial charge < -0.3 is 33.8 Å². The summed E-state index contributed by atoms with van der Waals surface area (Å²) in [6.07, 6.45) is 53.4. The Bertz CT molecular complexity index is 1750. The van der Waals surface area contributed by atoms with Crippen LogP contribution in [0.1, 0.15) is 375 Å². The lowest BCUT2D eigenvalue weighted by atomic mass is 10.0. The van der Waals surface area contributed by atoms with Gasteiger partial charge in [-0.2, -0.15) is 0 Å². The monoisotopic (exact) mass is 1340 g/mol. The number of carbonyl (C=O) groups is 4. The average Bonchev–Trinajstić information content (AvgIpc) is 3.73. The summed E-state index contributed by atoms with van der Waals surface area (Å²) < 4.78 is 68.0. The fourth-order valence-electron chi connectivity index (χ4n) is 11.0. The molecule has 3 N–H and O–H groups in total. The van der Waals surface area contributed by atoms with Crippen LogP contribution in [0.15, 0.2) is 0 Å². The molecular weight excluding hydrogens is 1200 g/mol. The number of phosphoric ester groups is 2. The van der Waals surface area contributed by atoms with Crippen LogP contribution in [0.25, 0.3) is 0 Å². The van der Waals surface area contributed by atoms with E-state index < -0.39 is 97.5 Å². The number of unbranched alkanes of at least 4 members (excludes halogenated alkanes) is 44. The predicted molar refractivity (Wildman–Crippen MR) is 368 cm³/mol. The van der Waals surface area contributed by atoms with E-state index in [9.17, 15) is 43.2 Å². The standard InChI is InChI=1S/C72H140O17P2/c1-6-9-12-15-17-19-20-21-22-23-24-25-26-29-33-36-39-43-48-53-58-72(77)89-68(62-83-70(75)56-51-46-42-38-35-32-30-27-28-31-34-37-40-45-49-54-65(4)5)64-87-91(80,81)85-60-66(73)59-84-90(78,79)86-63-67(61-82-69(74)55-50-44-14-11-8-3)88-71(76)57-52-47-41-18-16-13-10-7-2/h65-68,73H,6-64H2,1-5H3,(H,78,79)(H,80,81)/t66-,67+,68+/m0/s1. The van der Waals surface area contributed by atoms with Gasteiger partial charge in [0.1, 0.15) is 19.3 Å². The van der Waals surface area contributed by atoms with E-state index in [1.807, 2.05) is 0 Å². The first-order valence-electron chi connectivity index (χ1n) is 37.6. The fourth-order valence-corrected chi connectivity index (χ4v) is 12.6. The number of hydrogen-bond donors (Lipinski definition) is 3. The van der Waals surface area contributed by atoms with Gasteiger partial charge in [0.05, 0.1) is 26.4 Å². The molecule has 0 heterocycles. The molecule has 5 atom stereocenters. The maximum absolute atomic E-state index is 13.1. The molecule has 540 valence electrons. The number of aliphatic hydroxyl groups excluding tert-OH is 1. The quantitative estimate of drug-likeness (QED) is 0.0222. The molecule has 0 spiro atoms. The first kappa shape index (κ1) is 89.1. The highest BCUT2D eigenvalue weighted by molar-refractivity contribution is 7.47. The van der Waals surface area contributed by atoms with Crippen molar-refractivity contribution in [2.24, 2.45) is 5.92 Å². The van der Waals surface area contributed by atoms with E-state index in [2.05, 4.69) is 34.6 Å². The van der Waals surface area contributed by atoms with E-state index >= 15 is 0 Å². The summed E-state index contributed by atoms with van der Waals surface area (Å²) in [6, 6.07) is 0. The maximum atomic E-state index is 13.1. The van der Waals surface area contributed by atoms with Crippen LogP contribution in [0.5, 0.6) is 0 Å². The molecule has 0 amide bonds. The number of rotatable bonds is 72. The molecule has 0 aromatic carbocycles. The molecule has 0 aromatic heterocycles. The normalized spacial score (nSPS) is 14.0. The van der Waals surface area contributed by atoms with E-state index in [1.54, 1.807) is 0 Å². The van der Waals surface area contributed by atoms with Crippen molar-refractivity contribution in [2.75, 3.05) is 39.6 Å². The van der Waals surface area contributed by atoms with E-state index in [4.69, 9.17) is 37.0 Å². The van der Waals surface area contributed by atoms with Crippen LogP contribution in [0, 0.1) is 5.92 Å². The molecule has 0 rings (SSSR count). The topological polar surface area (TPSA) is 237 Å². The van der Waals surface area contributed by atoms with Gasteiger partial charge in [-0.1, -0.05) is 324 Å². The SMILES string of the molecule is CCCCCCCCCCCCCCCCCCCCCCC(=O)O[C@H](COC(=O)CCCCCCCCCCCCCCCCCC(C)C)COP(=O)(O)OC[C@@H](O)COP(=O)(O)OC[C@@H](COC(=O)CCCCCCC)OC(=O)CCCCCCCCCC. The first-order chi connectivity index (χ1) is 44.0. The molecule has 0 saturated carbocycles. The van der Waals surface area contributed by atoms with Crippen LogP contribution in [-0.2, 0) is 65.4 Å². The van der Waals surface area contributed by atoms with Crippen molar-refractivity contribution in [1.82, 2.24) is 0 Å². The molecule has 0 radical (unpaired) electrons. The first-order valence-corrected chi connectivity index (χ1v) is 40.6. The molecule has 91 heavy (non-hydrogen) atoms. The van der Waals surface area contributed by atoms with Gasteiger partial charge in [0.15, 0.2) is 12.2 Å². The molecule has 0 saturated heterocycles. The van der Waals surface area contributed by atoms with Crippen LogP contribution in [0.2, 0.25) is 0 Å². The van der Waals surface area contributed by atoms with Gasteiger partial charge in [0.25, 0.3) is 0 Å². The van der Waals surface area contributed by atoms with Crippen molar-refractivity contribution in [3.05, 3.63) is 0 Å². The van der Waals surface area contributed by atoms with Crippen molar-refractivity contribution < 1.29 is 80.2 Å². The Hall–Kier alpha value is -1.94. The van der Waals surface area contributed by atoms with Crippen LogP contribution in [0.4, 0.5) is 0 Å². The van der Waals surface area contributed by atoms with Crippen LogP contribution in [0.3, 0.4) is 0 Å². The minimum Gasteiger partial charge on any atom is -0.462 e. The zero-order valence-corrected chi connectivity index (χ0v) is 60.8. The molecule has 19 heteroatoms. The Morgan fingerprint density at radius 2 is 0.505 bits per heavy atom. The second-order valence-corrected chi connectivity index (χ2v) is 29.4. The summed E-state index contributed by atoms with van der Waals surface area (Å²) in [5.74, 6) is -1.33. The van der Waals surface area contributed by atoms with Crippen LogP contribution in [-0.4, -0.2) is 96.7 Å². The van der Waals surface area contributed by atoms with Crippen molar-refractivity contribution >= 4 is 39.5 Å². The predicted octanol–water partition coefficient (Wildman–Crippen LogP) is 20.9. The highest BCUT2D eigenvalue weighted by Gasteiger charge is 2.30. The third-order valence-corrected chi connectivity index (χ3v) is 18.7. The number of hydrogen-bond acceptors (Lipinski definition) is 15. The number of esters is 4. The van der Waals surface area contributed by atoms with Crippen molar-refractivity contribution in [2.45, 2.75) is 393 Å². The third kappa shape index (κ3) is 66.5. The van der Waals surface area contributed by atoms with Gasteiger partial charge in [0, 0.05) is 25.7 Å². The summed E-state index contributed by atoms with van der Waals surface area (Å²) in [5.41, 5.74) is 0. The van der Waals surface area contributed by atoms with E-state index in [0.29, 0.717) is 25.7 Å². The smallest absolute Gasteiger partial charge is 0.462 e. The highest BCUT2D eigenvalue weighted by atomic mass is 31.2. The third-order valence-electron chi connectivity index (χ3n) is 16.8. The second kappa shape index (κ2) is 65.4. The maximum Gasteiger partial charge on any atom is 0.472 e. The Kier molecular flexibility index (Phi) is 64.0. The van der Waals surface area contributed by atoms with E-state index in [-0.39, 0.29) is 25.7 Å². The lowest BCUT2D eigenvalue weighted by Gasteiger charge is -2.21. The molecule has 0 bridgehead atoms. The molecule has 0 aliphatic heterocycles. The number of carbonyl (C=O) groups excluding carboxylic acids is 4. The molecule has 0 aliphatic rings. The molecule has 0 fully saturated rings. The van der Waals surface area contributed by atoms with Gasteiger partial charge in [0.2, 0.25) is 0 Å². The number of aliphatic hydroxyl groups is 1. The Morgan fingerprint density at radius 3 is 0.747 bits per heavy atom. The average molecular weight is 1340 g/mol. The number of phosphoric acid groups is 2. The van der Waals surface area contributed by atoms with Crippen LogP contribution >= 0.6 is 15.6 Å². The summed E-state index contributed by atoms with van der Waals surface area (Å²) in [7, 11) is -9.89. The molecule has 0 aliphatic carbocycles. The fraction of sp³-hybridized carbons (Fsp3) is 0.944. The lowest BCUT2D eigenvalue weighted by molar-refractivity contribution is -0.161. The highest BCUT2D eigenvalue weighted by Crippen LogP contribution is 2.45. The van der Waals surface area contributed by atoms with E-state index in [1.165, 1.54) is 186 Å². The van der Waals surface area contributed by atoms with Crippen molar-refractivity contribution in [3.63, 3.8) is 0 Å². The molecule has 2 unspecified atom stereocenters. The van der Waals surface area contributed by atoms with Crippen molar-refractivity contribution in [1.29, 1.82) is 0 Å². The second-order valence-electron chi connectivity index (χ2n) is 26.5. The molecule has 0 aromatic rings. The zero-order valence-electron chi connectivity index (χ0n) is 59.0. The largest absolute Gasteiger partial charge is 0.472 e. The Labute approximate surface area is 556 Å².